The first-order valence-electron chi connectivity index (χ1n) is 13.3. The largest absolute Gasteiger partial charge is 0.454 e. The summed E-state index contributed by atoms with van der Waals surface area (Å²) >= 11 is 5.97. The monoisotopic (exact) mass is 601 g/mol. The molecule has 5 aromatic rings. The number of hydrogen-bond acceptors (Lipinski definition) is 6. The van der Waals surface area contributed by atoms with Crippen molar-refractivity contribution in [2.24, 2.45) is 0 Å². The van der Waals surface area contributed by atoms with E-state index in [1.54, 1.807) is 11.0 Å². The number of nitrogens with zero attached hydrogens (tertiary/aromatic N) is 4. The van der Waals surface area contributed by atoms with Gasteiger partial charge in [-0.2, -0.15) is 0 Å². The van der Waals surface area contributed by atoms with E-state index in [1.165, 1.54) is 65.6 Å². The maximum absolute atomic E-state index is 15.1. The summed E-state index contributed by atoms with van der Waals surface area (Å²) in [6, 6.07) is 13.7. The van der Waals surface area contributed by atoms with E-state index in [4.69, 9.17) is 16.3 Å². The van der Waals surface area contributed by atoms with Crippen LogP contribution in [-0.2, 0) is 0 Å². The molecule has 1 fully saturated rings. The number of aromatic nitrogens is 3. The van der Waals surface area contributed by atoms with Gasteiger partial charge in [-0.15, -0.1) is 0 Å². The third-order valence-corrected chi connectivity index (χ3v) is 7.24. The molecule has 216 valence electrons. The van der Waals surface area contributed by atoms with Gasteiger partial charge in [-0.1, -0.05) is 11.6 Å². The highest BCUT2D eigenvalue weighted by atomic mass is 35.5. The molecule has 2 amide bonds. The topological polar surface area (TPSA) is 106 Å². The maximum Gasteiger partial charge on any atom is 0.272 e. The molecule has 6 rings (SSSR count). The number of hydrogen-bond donors (Lipinski definition) is 1. The molecule has 1 N–H and O–H groups in total. The van der Waals surface area contributed by atoms with Gasteiger partial charge in [-0.25, -0.2) is 13.8 Å². The molecule has 0 atom stereocenters. The van der Waals surface area contributed by atoms with E-state index in [2.05, 4.69) is 15.3 Å². The van der Waals surface area contributed by atoms with Crippen molar-refractivity contribution in [2.75, 3.05) is 18.4 Å². The number of carbonyl (C=O) groups is 2. The van der Waals surface area contributed by atoms with Crippen molar-refractivity contribution in [1.29, 1.82) is 0 Å². The number of amides is 2. The lowest BCUT2D eigenvalue weighted by atomic mass is 10.1. The van der Waals surface area contributed by atoms with Gasteiger partial charge in [0.2, 0.25) is 5.43 Å². The Kier molecular flexibility index (Phi) is 7.56. The normalized spacial score (nSPS) is 12.9. The summed E-state index contributed by atoms with van der Waals surface area (Å²) < 4.78 is 36.0. The smallest absolute Gasteiger partial charge is 0.272 e. The number of ether oxygens (including phenoxy) is 1. The van der Waals surface area contributed by atoms with Crippen LogP contribution in [0.2, 0.25) is 5.02 Å². The van der Waals surface area contributed by atoms with Crippen LogP contribution in [0.25, 0.3) is 16.7 Å². The van der Waals surface area contributed by atoms with Gasteiger partial charge < -0.3 is 19.5 Å². The van der Waals surface area contributed by atoms with E-state index in [1.807, 2.05) is 0 Å². The Balaban J connectivity index is 1.25. The Labute approximate surface area is 248 Å². The van der Waals surface area contributed by atoms with Gasteiger partial charge in [-0.05, 0) is 61.4 Å². The van der Waals surface area contributed by atoms with E-state index < -0.39 is 23.0 Å². The standard InChI is InChI=1S/C31H22ClF2N5O4/c32-23-15-19(6-7-24(23)33)39-17-22(28(40)21-4-3-10-36-29(21)39)30(41)37-18-5-8-27(25(34)14-18)43-20-9-11-35-26(16-20)31(42)38-12-1-2-13-38/h3-11,14-17H,1-2,12-13H2,(H,37,41). The summed E-state index contributed by atoms with van der Waals surface area (Å²) in [5.41, 5.74) is 0.0225. The molecule has 0 bridgehead atoms. The molecule has 9 nitrogen and oxygen atoms in total. The molecular formula is C31H22ClF2N5O4. The molecule has 2 aromatic carbocycles. The summed E-state index contributed by atoms with van der Waals surface area (Å²) in [5, 5.41) is 2.53. The molecule has 12 heteroatoms. The highest BCUT2D eigenvalue weighted by molar-refractivity contribution is 6.30. The second kappa shape index (κ2) is 11.6. The lowest BCUT2D eigenvalue weighted by Crippen LogP contribution is -2.28. The number of nitrogens with one attached hydrogen (secondary N) is 1. The van der Waals surface area contributed by atoms with E-state index in [9.17, 15) is 18.8 Å². The summed E-state index contributed by atoms with van der Waals surface area (Å²) in [4.78, 5) is 49.2. The zero-order chi connectivity index (χ0) is 30.1. The van der Waals surface area contributed by atoms with Gasteiger partial charge in [0.05, 0.1) is 10.4 Å². The Hall–Kier alpha value is -5.16. The van der Waals surface area contributed by atoms with Crippen LogP contribution in [0.15, 0.2) is 84.0 Å². The molecule has 1 aliphatic rings. The van der Waals surface area contributed by atoms with Gasteiger partial charge in [0.1, 0.15) is 28.5 Å². The zero-order valence-corrected chi connectivity index (χ0v) is 23.1. The van der Waals surface area contributed by atoms with Gasteiger partial charge in [-0.3, -0.25) is 19.4 Å². The highest BCUT2D eigenvalue weighted by Gasteiger charge is 2.22. The number of rotatable bonds is 6. The highest BCUT2D eigenvalue weighted by Crippen LogP contribution is 2.28. The minimum Gasteiger partial charge on any atom is -0.454 e. The average Bonchev–Trinajstić information content (AvgIpc) is 3.55. The summed E-state index contributed by atoms with van der Waals surface area (Å²) in [5.74, 6) is -2.35. The van der Waals surface area contributed by atoms with Crippen LogP contribution in [-0.4, -0.2) is 44.3 Å². The van der Waals surface area contributed by atoms with Crippen LogP contribution in [0.1, 0.15) is 33.7 Å². The van der Waals surface area contributed by atoms with Crippen LogP contribution < -0.4 is 15.5 Å². The molecule has 43 heavy (non-hydrogen) atoms. The summed E-state index contributed by atoms with van der Waals surface area (Å²) in [6.45, 7) is 1.33. The van der Waals surface area contributed by atoms with Crippen molar-refractivity contribution in [3.63, 3.8) is 0 Å². The van der Waals surface area contributed by atoms with Crippen molar-refractivity contribution in [3.8, 4) is 17.2 Å². The van der Waals surface area contributed by atoms with Gasteiger partial charge in [0.15, 0.2) is 11.6 Å². The number of halogens is 3. The predicted octanol–water partition coefficient (Wildman–Crippen LogP) is 5.99. The number of fused-ring (bicyclic) bond motifs is 1. The molecule has 0 spiro atoms. The average molecular weight is 602 g/mol. The Morgan fingerprint density at radius 1 is 0.930 bits per heavy atom. The van der Waals surface area contributed by atoms with Gasteiger partial charge in [0.25, 0.3) is 11.8 Å². The second-order valence-electron chi connectivity index (χ2n) is 9.79. The Morgan fingerprint density at radius 3 is 2.51 bits per heavy atom. The van der Waals surface area contributed by atoms with Crippen LogP contribution in [0, 0.1) is 11.6 Å². The third kappa shape index (κ3) is 5.67. The number of anilines is 1. The molecule has 0 saturated carbocycles. The summed E-state index contributed by atoms with van der Waals surface area (Å²) in [7, 11) is 0. The molecule has 3 aromatic heterocycles. The van der Waals surface area contributed by atoms with Crippen molar-refractivity contribution < 1.29 is 23.1 Å². The number of likely N-dealkylation sites (tertiary alicyclic amines) is 1. The van der Waals surface area contributed by atoms with Gasteiger partial charge >= 0.3 is 0 Å². The molecule has 0 aliphatic carbocycles. The molecule has 4 heterocycles. The third-order valence-electron chi connectivity index (χ3n) is 6.95. The lowest BCUT2D eigenvalue weighted by molar-refractivity contribution is 0.0786. The van der Waals surface area contributed by atoms with E-state index >= 15 is 4.39 Å². The quantitative estimate of drug-likeness (QED) is 0.256. The van der Waals surface area contributed by atoms with Crippen molar-refractivity contribution in [1.82, 2.24) is 19.4 Å². The minimum atomic E-state index is -0.801. The van der Waals surface area contributed by atoms with Crippen molar-refractivity contribution in [3.05, 3.63) is 117 Å². The Morgan fingerprint density at radius 2 is 1.74 bits per heavy atom. The van der Waals surface area contributed by atoms with E-state index in [0.717, 1.165) is 25.0 Å². The lowest BCUT2D eigenvalue weighted by Gasteiger charge is -2.15. The maximum atomic E-state index is 15.1. The minimum absolute atomic E-state index is 0.0662. The first-order valence-corrected chi connectivity index (χ1v) is 13.7. The molecular weight excluding hydrogens is 580 g/mol. The number of carbonyl (C=O) groups excluding carboxylic acids is 2. The molecule has 1 saturated heterocycles. The Bertz CT molecular complexity index is 1960. The first-order chi connectivity index (χ1) is 20.8. The number of benzene rings is 2. The fourth-order valence-electron chi connectivity index (χ4n) is 4.81. The van der Waals surface area contributed by atoms with Crippen molar-refractivity contribution in [2.45, 2.75) is 12.8 Å². The van der Waals surface area contributed by atoms with Crippen molar-refractivity contribution >= 4 is 40.1 Å². The van der Waals surface area contributed by atoms with Crippen LogP contribution in [0.5, 0.6) is 11.5 Å². The summed E-state index contributed by atoms with van der Waals surface area (Å²) in [6.07, 6.45) is 6.04. The molecule has 1 aliphatic heterocycles. The van der Waals surface area contributed by atoms with E-state index in [-0.39, 0.29) is 50.4 Å². The second-order valence-corrected chi connectivity index (χ2v) is 10.2. The first kappa shape index (κ1) is 28.0. The molecule has 0 unspecified atom stereocenters. The van der Waals surface area contributed by atoms with Gasteiger partial charge in [0, 0.05) is 55.2 Å². The van der Waals surface area contributed by atoms with Crippen LogP contribution in [0.4, 0.5) is 14.5 Å². The van der Waals surface area contributed by atoms with Crippen LogP contribution in [0.3, 0.4) is 0 Å². The molecule has 0 radical (unpaired) electrons. The van der Waals surface area contributed by atoms with E-state index in [0.29, 0.717) is 18.8 Å². The van der Waals surface area contributed by atoms with Crippen LogP contribution >= 0.6 is 11.6 Å². The zero-order valence-electron chi connectivity index (χ0n) is 22.4. The number of pyridine rings is 3. The predicted molar refractivity (Wildman–Crippen MR) is 156 cm³/mol. The SMILES string of the molecule is O=C(Nc1ccc(Oc2ccnc(C(=O)N3CCCC3)c2)c(F)c1)c1cn(-c2ccc(F)c(Cl)c2)c2ncccc2c1=O. The fraction of sp³-hybridized carbons (Fsp3) is 0.129. The fourth-order valence-corrected chi connectivity index (χ4v) is 4.99.